The van der Waals surface area contributed by atoms with Gasteiger partial charge in [-0.1, -0.05) is 43.3 Å². The van der Waals surface area contributed by atoms with Crippen molar-refractivity contribution in [3.8, 4) is 28.1 Å². The van der Waals surface area contributed by atoms with Gasteiger partial charge in [-0.2, -0.15) is 0 Å². The second kappa shape index (κ2) is 13.7. The van der Waals surface area contributed by atoms with Gasteiger partial charge in [-0.3, -0.25) is 0 Å². The molecule has 9 heteroatoms. The van der Waals surface area contributed by atoms with E-state index in [1.54, 1.807) is 0 Å². The van der Waals surface area contributed by atoms with Crippen LogP contribution in [-0.4, -0.2) is 78.6 Å². The van der Waals surface area contributed by atoms with E-state index >= 15 is 4.39 Å². The number of aryl methyl sites for hydroxylation is 1. The molecule has 6 rings (SSSR count). The Hall–Kier alpha value is -3.34. The van der Waals surface area contributed by atoms with Crippen molar-refractivity contribution in [2.75, 3.05) is 33.0 Å². The molecule has 0 spiro atoms. The van der Waals surface area contributed by atoms with Crippen molar-refractivity contribution in [1.82, 2.24) is 10.3 Å². The molecule has 1 aromatic heterocycles. The average Bonchev–Trinajstić information content (AvgIpc) is 3.55. The van der Waals surface area contributed by atoms with Crippen molar-refractivity contribution in [3.05, 3.63) is 77.4 Å². The lowest BCUT2D eigenvalue weighted by molar-refractivity contribution is -0.0412. The summed E-state index contributed by atoms with van der Waals surface area (Å²) in [5.41, 5.74) is 4.35. The van der Waals surface area contributed by atoms with Gasteiger partial charge in [0.2, 0.25) is 0 Å². The van der Waals surface area contributed by atoms with Gasteiger partial charge in [0.05, 0.1) is 31.1 Å². The van der Waals surface area contributed by atoms with E-state index in [0.29, 0.717) is 42.5 Å². The Balaban J connectivity index is 1.17. The van der Waals surface area contributed by atoms with Crippen LogP contribution < -0.4 is 10.1 Å². The molecule has 234 valence electrons. The van der Waals surface area contributed by atoms with Crippen molar-refractivity contribution in [3.63, 3.8) is 0 Å². The quantitative estimate of drug-likeness (QED) is 0.198. The zero-order chi connectivity index (χ0) is 30.6. The van der Waals surface area contributed by atoms with Crippen molar-refractivity contribution in [2.24, 2.45) is 5.92 Å². The van der Waals surface area contributed by atoms with E-state index in [1.165, 1.54) is 6.07 Å². The second-order valence-electron chi connectivity index (χ2n) is 12.1. The Bertz CT molecular complexity index is 1440. The van der Waals surface area contributed by atoms with E-state index < -0.39 is 12.2 Å². The molecule has 3 aliphatic rings. The minimum atomic E-state index is -0.957. The highest BCUT2D eigenvalue weighted by Gasteiger charge is 2.40. The molecule has 3 aromatic rings. The molecule has 3 fully saturated rings. The first-order valence-electron chi connectivity index (χ1n) is 15.5. The number of hydrogen-bond acceptors (Lipinski definition) is 8. The molecular formula is C35H41FN2O6. The number of aliphatic hydroxyl groups excluding tert-OH is 2. The van der Waals surface area contributed by atoms with Crippen molar-refractivity contribution in [2.45, 2.75) is 63.6 Å². The predicted molar refractivity (Wildman–Crippen MR) is 166 cm³/mol. The Morgan fingerprint density at radius 1 is 1.11 bits per heavy atom. The fraction of sp³-hybridized carbons (Fsp3) is 0.457. The molecule has 4 heterocycles. The molecule has 2 unspecified atom stereocenters. The van der Waals surface area contributed by atoms with Gasteiger partial charge in [-0.15, -0.1) is 0 Å². The number of benzene rings is 2. The number of halogens is 1. The highest BCUT2D eigenvalue weighted by atomic mass is 19.1. The van der Waals surface area contributed by atoms with Crippen LogP contribution in [-0.2, 0) is 14.2 Å². The first kappa shape index (κ1) is 30.7. The van der Waals surface area contributed by atoms with Crippen molar-refractivity contribution < 1.29 is 33.6 Å². The standard InChI is InChI=1S/C35H41FN2O6/c1-21-14-30(36)34(25-7-5-23(6-8-25)24-9-11-27(12-10-24)42-19-28-4-3-13-41-28)38-31(21)16-29(15-26-17-37-26)44-33-20-43-35(22(33)2)32(40)18-39/h5-12,14,16,22,26,28,32-33,35,37,39-40H,3-4,13,15,17-20H2,1-2H3/b29-16+/t22-,26?,28?,32-,33-,35+/m1/s1. The molecule has 3 saturated heterocycles. The zero-order valence-corrected chi connectivity index (χ0v) is 25.2. The molecule has 3 N–H and O–H groups in total. The highest BCUT2D eigenvalue weighted by Crippen LogP contribution is 2.32. The number of rotatable bonds is 12. The lowest BCUT2D eigenvalue weighted by Crippen LogP contribution is -2.35. The summed E-state index contributed by atoms with van der Waals surface area (Å²) in [4.78, 5) is 4.74. The fourth-order valence-electron chi connectivity index (χ4n) is 5.86. The van der Waals surface area contributed by atoms with Gasteiger partial charge in [-0.05, 0) is 54.7 Å². The van der Waals surface area contributed by atoms with Crippen LogP contribution in [0.5, 0.6) is 5.75 Å². The van der Waals surface area contributed by atoms with Gasteiger partial charge in [0.1, 0.15) is 41.8 Å². The number of nitrogens with zero attached hydrogens (tertiary/aromatic N) is 1. The lowest BCUT2D eigenvalue weighted by atomic mass is 9.97. The smallest absolute Gasteiger partial charge is 0.149 e. The average molecular weight is 605 g/mol. The molecule has 44 heavy (non-hydrogen) atoms. The SMILES string of the molecule is Cc1cc(F)c(-c2ccc(-c3ccc(OCC4CCCO4)cc3)cc2)nc1/C=C(\CC1CN1)O[C@@H]1CO[C@H]([C@H](O)CO)[C@@H]1C. The Kier molecular flexibility index (Phi) is 9.59. The van der Waals surface area contributed by atoms with Gasteiger partial charge in [-0.25, -0.2) is 9.37 Å². The minimum Gasteiger partial charge on any atom is -0.492 e. The summed E-state index contributed by atoms with van der Waals surface area (Å²) in [6.07, 6.45) is 3.13. The molecule has 0 radical (unpaired) electrons. The molecule has 3 aliphatic heterocycles. The van der Waals surface area contributed by atoms with Gasteiger partial charge in [0.15, 0.2) is 0 Å². The normalized spacial score (nSPS) is 25.7. The summed E-state index contributed by atoms with van der Waals surface area (Å²) in [7, 11) is 0. The van der Waals surface area contributed by atoms with Crippen LogP contribution in [0, 0.1) is 18.7 Å². The van der Waals surface area contributed by atoms with Crippen molar-refractivity contribution in [1.29, 1.82) is 0 Å². The van der Waals surface area contributed by atoms with Crippen LogP contribution in [0.15, 0.2) is 60.4 Å². The maximum atomic E-state index is 15.2. The number of ether oxygens (including phenoxy) is 4. The van der Waals surface area contributed by atoms with Crippen LogP contribution in [0.1, 0.15) is 37.4 Å². The Morgan fingerprint density at radius 3 is 2.48 bits per heavy atom. The number of pyridine rings is 1. The topological polar surface area (TPSA) is 112 Å². The summed E-state index contributed by atoms with van der Waals surface area (Å²) in [5.74, 6) is 1.04. The minimum absolute atomic E-state index is 0.112. The molecule has 0 amide bonds. The molecule has 2 aromatic carbocycles. The summed E-state index contributed by atoms with van der Waals surface area (Å²) in [6.45, 7) is 6.02. The molecule has 0 bridgehead atoms. The predicted octanol–water partition coefficient (Wildman–Crippen LogP) is 4.90. The monoisotopic (exact) mass is 604 g/mol. The molecule has 0 saturated carbocycles. The number of aliphatic hydroxyl groups is 2. The first-order chi connectivity index (χ1) is 21.4. The summed E-state index contributed by atoms with van der Waals surface area (Å²) in [6, 6.07) is 17.5. The fourth-order valence-corrected chi connectivity index (χ4v) is 5.86. The largest absolute Gasteiger partial charge is 0.492 e. The van der Waals surface area contributed by atoms with Crippen LogP contribution in [0.3, 0.4) is 0 Å². The number of nitrogens with one attached hydrogen (secondary N) is 1. The molecule has 6 atom stereocenters. The summed E-state index contributed by atoms with van der Waals surface area (Å²) < 4.78 is 38.9. The number of hydrogen-bond donors (Lipinski definition) is 3. The Morgan fingerprint density at radius 2 is 1.82 bits per heavy atom. The van der Waals surface area contributed by atoms with Crippen LogP contribution in [0.25, 0.3) is 28.5 Å². The molecular weight excluding hydrogens is 563 g/mol. The van der Waals surface area contributed by atoms with Gasteiger partial charge in [0.25, 0.3) is 0 Å². The maximum Gasteiger partial charge on any atom is 0.149 e. The van der Waals surface area contributed by atoms with E-state index in [0.717, 1.165) is 48.6 Å². The molecule has 0 aliphatic carbocycles. The molecule has 8 nitrogen and oxygen atoms in total. The Labute approximate surface area is 257 Å². The van der Waals surface area contributed by atoms with E-state index in [-0.39, 0.29) is 36.2 Å². The van der Waals surface area contributed by atoms with Gasteiger partial charge < -0.3 is 34.5 Å². The summed E-state index contributed by atoms with van der Waals surface area (Å²) in [5, 5.41) is 22.8. The number of aromatic nitrogens is 1. The summed E-state index contributed by atoms with van der Waals surface area (Å²) >= 11 is 0. The van der Waals surface area contributed by atoms with E-state index in [4.69, 9.17) is 23.9 Å². The highest BCUT2D eigenvalue weighted by molar-refractivity contribution is 5.70. The third kappa shape index (κ3) is 7.30. The van der Waals surface area contributed by atoms with E-state index in [9.17, 15) is 10.2 Å². The third-order valence-corrected chi connectivity index (χ3v) is 8.68. The van der Waals surface area contributed by atoms with Gasteiger partial charge >= 0.3 is 0 Å². The first-order valence-corrected chi connectivity index (χ1v) is 15.5. The second-order valence-corrected chi connectivity index (χ2v) is 12.1. The maximum absolute atomic E-state index is 15.2. The third-order valence-electron chi connectivity index (χ3n) is 8.68. The van der Waals surface area contributed by atoms with E-state index in [1.807, 2.05) is 68.5 Å². The van der Waals surface area contributed by atoms with Crippen LogP contribution in [0.4, 0.5) is 4.39 Å². The van der Waals surface area contributed by atoms with Gasteiger partial charge in [0, 0.05) is 43.2 Å². The van der Waals surface area contributed by atoms with Crippen LogP contribution in [0.2, 0.25) is 0 Å². The van der Waals surface area contributed by atoms with Crippen molar-refractivity contribution >= 4 is 6.08 Å². The van der Waals surface area contributed by atoms with Crippen LogP contribution >= 0.6 is 0 Å². The lowest BCUT2D eigenvalue weighted by Gasteiger charge is -2.23. The zero-order valence-electron chi connectivity index (χ0n) is 25.2. The van der Waals surface area contributed by atoms with E-state index in [2.05, 4.69) is 5.32 Å².